The maximum atomic E-state index is 11.1. The minimum atomic E-state index is -0.686. The summed E-state index contributed by atoms with van der Waals surface area (Å²) in [4.78, 5) is 2.55. The van der Waals surface area contributed by atoms with Crippen molar-refractivity contribution in [2.75, 3.05) is 26.7 Å². The van der Waals surface area contributed by atoms with Crippen LogP contribution in [0.15, 0.2) is 34.9 Å². The van der Waals surface area contributed by atoms with Gasteiger partial charge >= 0.3 is 0 Å². The average Bonchev–Trinajstić information content (AvgIpc) is 3.19. The monoisotopic (exact) mass is 384 g/mol. The Morgan fingerprint density at radius 1 is 1.18 bits per heavy atom. The molecule has 5 heteroatoms. The Labute approximate surface area is 167 Å². The van der Waals surface area contributed by atoms with E-state index in [0.717, 1.165) is 54.6 Å². The number of hydrogen-bond acceptors (Lipinski definition) is 5. The molecule has 5 nitrogen and oxygen atoms in total. The van der Waals surface area contributed by atoms with E-state index in [4.69, 9.17) is 9.26 Å². The molecule has 1 aliphatic heterocycles. The molecule has 2 aliphatic rings. The number of benzene rings is 1. The van der Waals surface area contributed by atoms with Crippen LogP contribution < -0.4 is 4.74 Å². The third-order valence-corrected chi connectivity index (χ3v) is 6.46. The van der Waals surface area contributed by atoms with Crippen LogP contribution in [0.5, 0.6) is 5.75 Å². The summed E-state index contributed by atoms with van der Waals surface area (Å²) in [6, 6.07) is 9.73. The summed E-state index contributed by atoms with van der Waals surface area (Å²) in [5, 5.41) is 15.3. The van der Waals surface area contributed by atoms with E-state index in [1.165, 1.54) is 38.6 Å². The van der Waals surface area contributed by atoms with E-state index in [2.05, 4.69) is 10.1 Å². The predicted molar refractivity (Wildman–Crippen MR) is 109 cm³/mol. The molecule has 28 heavy (non-hydrogen) atoms. The first-order valence-electron chi connectivity index (χ1n) is 10.7. The van der Waals surface area contributed by atoms with Crippen molar-refractivity contribution in [2.24, 2.45) is 5.92 Å². The molecule has 1 saturated heterocycles. The highest BCUT2D eigenvalue weighted by molar-refractivity contribution is 5.60. The highest BCUT2D eigenvalue weighted by Gasteiger charge is 2.34. The quantitative estimate of drug-likeness (QED) is 0.805. The van der Waals surface area contributed by atoms with Gasteiger partial charge in [-0.3, -0.25) is 0 Å². The van der Waals surface area contributed by atoms with Crippen LogP contribution in [-0.4, -0.2) is 47.5 Å². The minimum Gasteiger partial charge on any atom is -0.497 e. The predicted octanol–water partition coefficient (Wildman–Crippen LogP) is 4.30. The van der Waals surface area contributed by atoms with Gasteiger partial charge in [-0.25, -0.2) is 0 Å². The van der Waals surface area contributed by atoms with E-state index >= 15 is 0 Å². The Balaban J connectivity index is 1.32. The van der Waals surface area contributed by atoms with Crippen molar-refractivity contribution in [1.82, 2.24) is 10.1 Å². The van der Waals surface area contributed by atoms with Gasteiger partial charge in [0.25, 0.3) is 0 Å². The molecule has 2 heterocycles. The van der Waals surface area contributed by atoms with Crippen LogP contribution in [-0.2, 0) is 6.42 Å². The molecule has 0 unspecified atom stereocenters. The van der Waals surface area contributed by atoms with E-state index in [1.807, 2.05) is 30.3 Å². The SMILES string of the molecule is COc1cccc(-c2cc(CC3(O)CCN(CC4CCCCC4)CC3)on2)c1. The zero-order valence-corrected chi connectivity index (χ0v) is 16.9. The smallest absolute Gasteiger partial charge is 0.140 e. The number of rotatable bonds is 6. The molecule has 0 spiro atoms. The first kappa shape index (κ1) is 19.5. The first-order chi connectivity index (χ1) is 13.6. The Hall–Kier alpha value is -1.85. The van der Waals surface area contributed by atoms with Crippen LogP contribution in [0.2, 0.25) is 0 Å². The summed E-state index contributed by atoms with van der Waals surface area (Å²) in [5.74, 6) is 2.41. The molecule has 2 aromatic rings. The highest BCUT2D eigenvalue weighted by atomic mass is 16.5. The lowest BCUT2D eigenvalue weighted by atomic mass is 9.85. The second-order valence-corrected chi connectivity index (χ2v) is 8.62. The van der Waals surface area contributed by atoms with Gasteiger partial charge in [-0.2, -0.15) is 0 Å². The molecule has 1 aromatic heterocycles. The van der Waals surface area contributed by atoms with Gasteiger partial charge in [-0.05, 0) is 43.7 Å². The van der Waals surface area contributed by atoms with Crippen LogP contribution in [0.25, 0.3) is 11.3 Å². The lowest BCUT2D eigenvalue weighted by Crippen LogP contribution is -2.47. The molecular weight excluding hydrogens is 352 g/mol. The number of likely N-dealkylation sites (tertiary alicyclic amines) is 1. The Kier molecular flexibility index (Phi) is 6.02. The summed E-state index contributed by atoms with van der Waals surface area (Å²) < 4.78 is 10.8. The fraction of sp³-hybridized carbons (Fsp3) is 0.609. The normalized spacial score (nSPS) is 20.9. The number of piperidine rings is 1. The topological polar surface area (TPSA) is 58.7 Å². The van der Waals surface area contributed by atoms with Crippen molar-refractivity contribution in [3.8, 4) is 17.0 Å². The van der Waals surface area contributed by atoms with Gasteiger partial charge in [-0.15, -0.1) is 0 Å². The summed E-state index contributed by atoms with van der Waals surface area (Å²) in [5.41, 5.74) is 1.06. The van der Waals surface area contributed by atoms with E-state index in [9.17, 15) is 5.11 Å². The highest BCUT2D eigenvalue weighted by Crippen LogP contribution is 2.31. The lowest BCUT2D eigenvalue weighted by Gasteiger charge is -2.39. The van der Waals surface area contributed by atoms with Crippen LogP contribution in [0.4, 0.5) is 0 Å². The molecule has 1 aromatic carbocycles. The molecule has 2 fully saturated rings. The average molecular weight is 385 g/mol. The number of methoxy groups -OCH3 is 1. The van der Waals surface area contributed by atoms with Gasteiger partial charge in [0.15, 0.2) is 0 Å². The van der Waals surface area contributed by atoms with E-state index < -0.39 is 5.60 Å². The van der Waals surface area contributed by atoms with Crippen LogP contribution >= 0.6 is 0 Å². The van der Waals surface area contributed by atoms with E-state index in [-0.39, 0.29) is 0 Å². The molecule has 152 valence electrons. The van der Waals surface area contributed by atoms with Crippen LogP contribution in [0.3, 0.4) is 0 Å². The van der Waals surface area contributed by atoms with E-state index in [0.29, 0.717) is 6.42 Å². The zero-order valence-electron chi connectivity index (χ0n) is 16.9. The van der Waals surface area contributed by atoms with Gasteiger partial charge in [0, 0.05) is 37.7 Å². The van der Waals surface area contributed by atoms with Crippen molar-refractivity contribution < 1.29 is 14.4 Å². The number of nitrogens with zero attached hydrogens (tertiary/aromatic N) is 2. The van der Waals surface area contributed by atoms with Gasteiger partial charge in [0.1, 0.15) is 17.2 Å². The maximum absolute atomic E-state index is 11.1. The fourth-order valence-electron chi connectivity index (χ4n) is 4.70. The molecule has 1 saturated carbocycles. The standard InChI is InChI=1S/C23H32N2O3/c1-27-20-9-5-8-19(14-20)22-15-21(28-24-22)16-23(26)10-12-25(13-11-23)17-18-6-3-2-4-7-18/h5,8-9,14-15,18,26H,2-4,6-7,10-13,16-17H2,1H3. The molecule has 0 atom stereocenters. The van der Waals surface area contributed by atoms with Gasteiger partial charge in [0.2, 0.25) is 0 Å². The number of hydrogen-bond donors (Lipinski definition) is 1. The van der Waals surface area contributed by atoms with Gasteiger partial charge in [-0.1, -0.05) is 36.6 Å². The third kappa shape index (κ3) is 4.76. The lowest BCUT2D eigenvalue weighted by molar-refractivity contribution is -0.0285. The molecular formula is C23H32N2O3. The Bertz CT molecular complexity index is 759. The number of ether oxygens (including phenoxy) is 1. The molecule has 0 amide bonds. The molecule has 4 rings (SSSR count). The minimum absolute atomic E-state index is 0.529. The Morgan fingerprint density at radius 3 is 2.71 bits per heavy atom. The van der Waals surface area contributed by atoms with Crippen molar-refractivity contribution in [1.29, 1.82) is 0 Å². The van der Waals surface area contributed by atoms with Crippen molar-refractivity contribution in [3.05, 3.63) is 36.1 Å². The molecule has 0 radical (unpaired) electrons. The van der Waals surface area contributed by atoms with Crippen molar-refractivity contribution in [3.63, 3.8) is 0 Å². The summed E-state index contributed by atoms with van der Waals surface area (Å²) >= 11 is 0. The van der Waals surface area contributed by atoms with Crippen molar-refractivity contribution >= 4 is 0 Å². The largest absolute Gasteiger partial charge is 0.497 e. The molecule has 1 aliphatic carbocycles. The number of aliphatic hydroxyl groups is 1. The maximum Gasteiger partial charge on any atom is 0.140 e. The van der Waals surface area contributed by atoms with Crippen LogP contribution in [0, 0.1) is 5.92 Å². The second-order valence-electron chi connectivity index (χ2n) is 8.62. The molecule has 0 bridgehead atoms. The fourth-order valence-corrected chi connectivity index (χ4v) is 4.70. The Morgan fingerprint density at radius 2 is 1.96 bits per heavy atom. The third-order valence-electron chi connectivity index (χ3n) is 6.46. The van der Waals surface area contributed by atoms with E-state index in [1.54, 1.807) is 7.11 Å². The van der Waals surface area contributed by atoms with Gasteiger partial charge < -0.3 is 19.3 Å². The zero-order chi connectivity index (χ0) is 19.4. The van der Waals surface area contributed by atoms with Crippen molar-refractivity contribution in [2.45, 2.75) is 57.0 Å². The first-order valence-corrected chi connectivity index (χ1v) is 10.7. The van der Waals surface area contributed by atoms with Gasteiger partial charge in [0.05, 0.1) is 12.7 Å². The summed E-state index contributed by atoms with van der Waals surface area (Å²) in [6.45, 7) is 3.16. The molecule has 1 N–H and O–H groups in total. The summed E-state index contributed by atoms with van der Waals surface area (Å²) in [6.07, 6.45) is 9.08. The second kappa shape index (κ2) is 8.66. The van der Waals surface area contributed by atoms with Crippen LogP contribution in [0.1, 0.15) is 50.7 Å². The summed E-state index contributed by atoms with van der Waals surface area (Å²) in [7, 11) is 1.66. The number of aromatic nitrogens is 1.